The molecule has 1 atom stereocenters. The van der Waals surface area contributed by atoms with Gasteiger partial charge < -0.3 is 10.1 Å². The van der Waals surface area contributed by atoms with Crippen LogP contribution in [-0.4, -0.2) is 18.8 Å². The van der Waals surface area contributed by atoms with Crippen molar-refractivity contribution in [2.24, 2.45) is 0 Å². The highest BCUT2D eigenvalue weighted by Gasteiger charge is 2.44. The Morgan fingerprint density at radius 3 is 2.48 bits per heavy atom. The van der Waals surface area contributed by atoms with Crippen LogP contribution in [0.1, 0.15) is 61.3 Å². The maximum atomic E-state index is 13.5. The summed E-state index contributed by atoms with van der Waals surface area (Å²) in [5.74, 6) is -0.163. The molecule has 1 aromatic carbocycles. The van der Waals surface area contributed by atoms with Crippen LogP contribution in [0.5, 0.6) is 0 Å². The number of rotatable bonds is 8. The fraction of sp³-hybridized carbons (Fsp3) is 0.565. The second-order valence-electron chi connectivity index (χ2n) is 7.89. The Balaban J connectivity index is 1.74. The molecule has 1 N–H and O–H groups in total. The van der Waals surface area contributed by atoms with E-state index in [1.165, 1.54) is 15.3 Å². The summed E-state index contributed by atoms with van der Waals surface area (Å²) in [4.78, 5) is 2.74. The second kappa shape index (κ2) is 8.85. The zero-order valence-corrected chi connectivity index (χ0v) is 17.6. The van der Waals surface area contributed by atoms with Crippen molar-refractivity contribution in [1.82, 2.24) is 5.32 Å². The number of hydrogen-bond donors (Lipinski definition) is 1. The molecule has 2 aromatic rings. The Morgan fingerprint density at radius 1 is 1.11 bits per heavy atom. The maximum absolute atomic E-state index is 13.5. The Morgan fingerprint density at radius 2 is 1.85 bits per heavy atom. The topological polar surface area (TPSA) is 21.3 Å². The van der Waals surface area contributed by atoms with Crippen molar-refractivity contribution in [3.63, 3.8) is 0 Å². The molecular formula is C23H32FNOS. The first kappa shape index (κ1) is 20.5. The summed E-state index contributed by atoms with van der Waals surface area (Å²) in [6, 6.07) is 11.6. The third-order valence-corrected chi connectivity index (χ3v) is 7.27. The van der Waals surface area contributed by atoms with Crippen molar-refractivity contribution in [1.29, 1.82) is 0 Å². The summed E-state index contributed by atoms with van der Waals surface area (Å²) < 4.78 is 19.8. The zero-order valence-electron chi connectivity index (χ0n) is 16.8. The standard InChI is InChI=1S/C23H32FNOS/c1-4-23(5-2)17-22(13-15-26-23,19-7-9-20(24)10-8-19)12-14-25-16-21-11-6-18(3)27-21/h6-11,25H,4-5,12-17H2,1-3H3. The molecule has 0 bridgehead atoms. The molecule has 0 aliphatic carbocycles. The monoisotopic (exact) mass is 389 g/mol. The minimum atomic E-state index is -0.163. The average molecular weight is 390 g/mol. The van der Waals surface area contributed by atoms with Gasteiger partial charge in [0.2, 0.25) is 0 Å². The minimum absolute atomic E-state index is 0.0519. The van der Waals surface area contributed by atoms with E-state index in [4.69, 9.17) is 4.74 Å². The van der Waals surface area contributed by atoms with Crippen molar-refractivity contribution in [3.05, 3.63) is 57.5 Å². The Hall–Kier alpha value is -1.23. The number of thiophene rings is 1. The predicted molar refractivity (Wildman–Crippen MR) is 112 cm³/mol. The summed E-state index contributed by atoms with van der Waals surface area (Å²) in [5, 5.41) is 3.63. The first-order valence-corrected chi connectivity index (χ1v) is 11.0. The van der Waals surface area contributed by atoms with E-state index >= 15 is 0 Å². The molecule has 4 heteroatoms. The minimum Gasteiger partial charge on any atom is -0.375 e. The smallest absolute Gasteiger partial charge is 0.123 e. The summed E-state index contributed by atoms with van der Waals surface area (Å²) in [5.41, 5.74) is 1.25. The molecule has 3 rings (SSSR count). The van der Waals surface area contributed by atoms with E-state index in [0.29, 0.717) is 0 Å². The molecule has 2 heterocycles. The normalized spacial score (nSPS) is 22.1. The highest BCUT2D eigenvalue weighted by Crippen LogP contribution is 2.46. The quantitative estimate of drug-likeness (QED) is 0.561. The van der Waals surface area contributed by atoms with Crippen LogP contribution >= 0.6 is 11.3 Å². The molecule has 1 saturated heterocycles. The van der Waals surface area contributed by atoms with Crippen molar-refractivity contribution in [3.8, 4) is 0 Å². The molecular weight excluding hydrogens is 357 g/mol. The van der Waals surface area contributed by atoms with Gasteiger partial charge in [-0.25, -0.2) is 4.39 Å². The van der Waals surface area contributed by atoms with Crippen molar-refractivity contribution < 1.29 is 9.13 Å². The van der Waals surface area contributed by atoms with Gasteiger partial charge in [0, 0.05) is 28.3 Å². The van der Waals surface area contributed by atoms with Crippen LogP contribution in [-0.2, 0) is 16.7 Å². The fourth-order valence-electron chi connectivity index (χ4n) is 4.45. The number of aryl methyl sites for hydroxylation is 1. The zero-order chi connectivity index (χ0) is 19.3. The van der Waals surface area contributed by atoms with Crippen molar-refractivity contribution >= 4 is 11.3 Å². The fourth-order valence-corrected chi connectivity index (χ4v) is 5.31. The molecule has 1 aliphatic heterocycles. The number of halogens is 1. The van der Waals surface area contributed by atoms with E-state index in [-0.39, 0.29) is 16.8 Å². The van der Waals surface area contributed by atoms with Crippen LogP contribution in [0, 0.1) is 12.7 Å². The van der Waals surface area contributed by atoms with Crippen LogP contribution in [0.2, 0.25) is 0 Å². The lowest BCUT2D eigenvalue weighted by molar-refractivity contribution is -0.112. The molecule has 27 heavy (non-hydrogen) atoms. The molecule has 0 radical (unpaired) electrons. The van der Waals surface area contributed by atoms with Crippen LogP contribution < -0.4 is 5.32 Å². The van der Waals surface area contributed by atoms with Gasteiger partial charge in [-0.1, -0.05) is 26.0 Å². The molecule has 148 valence electrons. The molecule has 1 unspecified atom stereocenters. The van der Waals surface area contributed by atoms with Gasteiger partial charge in [-0.2, -0.15) is 0 Å². The summed E-state index contributed by atoms with van der Waals surface area (Å²) in [6.07, 6.45) is 5.11. The highest BCUT2D eigenvalue weighted by molar-refractivity contribution is 7.11. The lowest BCUT2D eigenvalue weighted by Gasteiger charge is -2.48. The van der Waals surface area contributed by atoms with Gasteiger partial charge in [-0.05, 0) is 75.4 Å². The lowest BCUT2D eigenvalue weighted by Crippen LogP contribution is -2.48. The van der Waals surface area contributed by atoms with Gasteiger partial charge in [0.1, 0.15) is 5.82 Å². The Kier molecular flexibility index (Phi) is 6.72. The molecule has 2 nitrogen and oxygen atoms in total. The lowest BCUT2D eigenvalue weighted by atomic mass is 9.65. The molecule has 1 aromatic heterocycles. The molecule has 0 spiro atoms. The number of benzene rings is 1. The largest absolute Gasteiger partial charge is 0.375 e. The Labute approximate surface area is 167 Å². The summed E-state index contributed by atoms with van der Waals surface area (Å²) in [6.45, 7) is 9.25. The molecule has 1 aliphatic rings. The maximum Gasteiger partial charge on any atom is 0.123 e. The molecule has 0 saturated carbocycles. The average Bonchev–Trinajstić information content (AvgIpc) is 3.11. The van der Waals surface area contributed by atoms with E-state index < -0.39 is 0 Å². The van der Waals surface area contributed by atoms with Gasteiger partial charge in [-0.15, -0.1) is 11.3 Å². The van der Waals surface area contributed by atoms with E-state index in [9.17, 15) is 4.39 Å². The first-order valence-electron chi connectivity index (χ1n) is 10.2. The van der Waals surface area contributed by atoms with Gasteiger partial charge in [0.05, 0.1) is 5.60 Å². The van der Waals surface area contributed by atoms with E-state index in [0.717, 1.165) is 51.8 Å². The van der Waals surface area contributed by atoms with Gasteiger partial charge in [-0.3, -0.25) is 0 Å². The van der Waals surface area contributed by atoms with E-state index in [1.807, 2.05) is 23.5 Å². The predicted octanol–water partition coefficient (Wildman–Crippen LogP) is 5.98. The van der Waals surface area contributed by atoms with Crippen molar-refractivity contribution in [2.75, 3.05) is 13.2 Å². The van der Waals surface area contributed by atoms with Gasteiger partial charge in [0.25, 0.3) is 0 Å². The molecule has 0 amide bonds. The highest BCUT2D eigenvalue weighted by atomic mass is 32.1. The summed E-state index contributed by atoms with van der Waals surface area (Å²) in [7, 11) is 0. The van der Waals surface area contributed by atoms with Crippen LogP contribution in [0.15, 0.2) is 36.4 Å². The summed E-state index contributed by atoms with van der Waals surface area (Å²) >= 11 is 1.85. The third-order valence-electron chi connectivity index (χ3n) is 6.27. The van der Waals surface area contributed by atoms with E-state index in [1.54, 1.807) is 12.1 Å². The van der Waals surface area contributed by atoms with Gasteiger partial charge in [0.15, 0.2) is 0 Å². The third kappa shape index (κ3) is 4.79. The Bertz CT molecular complexity index is 722. The SMILES string of the molecule is CCC1(CC)CC(CCNCc2ccc(C)s2)(c2ccc(F)cc2)CCO1. The number of ether oxygens (including phenoxy) is 1. The first-order chi connectivity index (χ1) is 13.0. The van der Waals surface area contributed by atoms with E-state index in [2.05, 4.69) is 38.2 Å². The van der Waals surface area contributed by atoms with Crippen LogP contribution in [0.3, 0.4) is 0 Å². The number of hydrogen-bond acceptors (Lipinski definition) is 3. The molecule has 1 fully saturated rings. The second-order valence-corrected chi connectivity index (χ2v) is 9.26. The van der Waals surface area contributed by atoms with Crippen LogP contribution in [0.4, 0.5) is 4.39 Å². The van der Waals surface area contributed by atoms with Crippen LogP contribution in [0.25, 0.3) is 0 Å². The number of nitrogens with one attached hydrogen (secondary N) is 1. The van der Waals surface area contributed by atoms with Crippen molar-refractivity contribution in [2.45, 2.75) is 70.4 Å². The van der Waals surface area contributed by atoms with Gasteiger partial charge >= 0.3 is 0 Å².